The Morgan fingerprint density at radius 3 is 2.32 bits per heavy atom. The van der Waals surface area contributed by atoms with Gasteiger partial charge in [-0.05, 0) is 12.5 Å². The number of aryl methyl sites for hydroxylation is 1. The van der Waals surface area contributed by atoms with Gasteiger partial charge in [-0.3, -0.25) is 9.59 Å². The quantitative estimate of drug-likeness (QED) is 0.758. The van der Waals surface area contributed by atoms with E-state index in [2.05, 4.69) is 41.8 Å². The third-order valence-corrected chi connectivity index (χ3v) is 4.08. The van der Waals surface area contributed by atoms with Gasteiger partial charge in [-0.25, -0.2) is 0 Å². The van der Waals surface area contributed by atoms with Gasteiger partial charge < -0.3 is 10.6 Å². The van der Waals surface area contributed by atoms with Crippen LogP contribution in [0.4, 0.5) is 0 Å². The summed E-state index contributed by atoms with van der Waals surface area (Å²) in [6, 6.07) is 8.47. The average molecular weight is 322 g/mol. The van der Waals surface area contributed by atoms with E-state index >= 15 is 0 Å². The van der Waals surface area contributed by atoms with Crippen LogP contribution in [0.25, 0.3) is 0 Å². The van der Waals surface area contributed by atoms with Crippen LogP contribution < -0.4 is 10.6 Å². The number of amides is 2. The second-order valence-electron chi connectivity index (χ2n) is 6.32. The van der Waals surface area contributed by atoms with Gasteiger partial charge in [0.2, 0.25) is 11.8 Å². The Hall–Kier alpha value is -1.49. The van der Waals surface area contributed by atoms with Crippen molar-refractivity contribution in [1.29, 1.82) is 0 Å². The minimum Gasteiger partial charge on any atom is -0.354 e. The van der Waals surface area contributed by atoms with Crippen molar-refractivity contribution in [2.24, 2.45) is 5.41 Å². The predicted octanol–water partition coefficient (Wildman–Crippen LogP) is 2.51. The fourth-order valence-electron chi connectivity index (χ4n) is 1.63. The maximum atomic E-state index is 11.6. The van der Waals surface area contributed by atoms with E-state index in [1.165, 1.54) is 11.1 Å². The maximum absolute atomic E-state index is 11.6. The molecule has 1 rings (SSSR count). The molecular weight excluding hydrogens is 296 g/mol. The lowest BCUT2D eigenvalue weighted by atomic mass is 9.96. The molecule has 0 bridgehead atoms. The summed E-state index contributed by atoms with van der Waals surface area (Å²) in [5, 5.41) is 5.45. The van der Waals surface area contributed by atoms with Crippen molar-refractivity contribution in [1.82, 2.24) is 10.6 Å². The molecule has 2 N–H and O–H groups in total. The van der Waals surface area contributed by atoms with Crippen molar-refractivity contribution in [3.63, 3.8) is 0 Å². The molecule has 0 aromatic heterocycles. The molecule has 0 saturated carbocycles. The second kappa shape index (κ2) is 8.83. The summed E-state index contributed by atoms with van der Waals surface area (Å²) in [7, 11) is 0. The fourth-order valence-corrected chi connectivity index (χ4v) is 2.44. The number of carbonyl (C=O) groups is 2. The monoisotopic (exact) mass is 322 g/mol. The number of carbonyl (C=O) groups excluding carboxylic acids is 2. The second-order valence-corrected chi connectivity index (χ2v) is 7.43. The number of rotatable bonds is 7. The van der Waals surface area contributed by atoms with Gasteiger partial charge in [-0.15, -0.1) is 0 Å². The predicted molar refractivity (Wildman–Crippen MR) is 92.8 cm³/mol. The highest BCUT2D eigenvalue weighted by molar-refractivity contribution is 7.98. The van der Waals surface area contributed by atoms with Crippen LogP contribution >= 0.6 is 11.8 Å². The number of hydrogen-bond acceptors (Lipinski definition) is 3. The summed E-state index contributed by atoms with van der Waals surface area (Å²) in [6.07, 6.45) is 0. The Morgan fingerprint density at radius 1 is 1.09 bits per heavy atom. The first-order chi connectivity index (χ1) is 10.3. The van der Waals surface area contributed by atoms with Crippen molar-refractivity contribution >= 4 is 23.6 Å². The minimum atomic E-state index is -0.468. The van der Waals surface area contributed by atoms with E-state index in [0.29, 0.717) is 6.54 Å². The fraction of sp³-hybridized carbons (Fsp3) is 0.529. The van der Waals surface area contributed by atoms with E-state index in [4.69, 9.17) is 0 Å². The highest BCUT2D eigenvalue weighted by atomic mass is 32.2. The molecule has 0 aliphatic rings. The van der Waals surface area contributed by atoms with Crippen LogP contribution in [0, 0.1) is 12.3 Å². The number of nitrogens with one attached hydrogen (secondary N) is 2. The van der Waals surface area contributed by atoms with Crippen LogP contribution in [-0.2, 0) is 15.3 Å². The molecule has 0 unspecified atom stereocenters. The topological polar surface area (TPSA) is 58.2 Å². The first kappa shape index (κ1) is 18.6. The third kappa shape index (κ3) is 7.50. The molecular formula is C17H26N2O2S. The zero-order valence-electron chi connectivity index (χ0n) is 13.9. The van der Waals surface area contributed by atoms with E-state index in [-0.39, 0.29) is 18.4 Å². The minimum absolute atomic E-state index is 0.0404. The Balaban J connectivity index is 2.10. The molecule has 1 aromatic rings. The molecule has 2 amide bonds. The third-order valence-electron chi connectivity index (χ3n) is 3.05. The lowest BCUT2D eigenvalue weighted by Crippen LogP contribution is -2.42. The zero-order chi connectivity index (χ0) is 16.6. The molecule has 5 heteroatoms. The Labute approximate surface area is 137 Å². The largest absolute Gasteiger partial charge is 0.354 e. The van der Waals surface area contributed by atoms with Gasteiger partial charge >= 0.3 is 0 Å². The first-order valence-electron chi connectivity index (χ1n) is 7.47. The summed E-state index contributed by atoms with van der Waals surface area (Å²) < 4.78 is 0. The van der Waals surface area contributed by atoms with E-state index in [0.717, 1.165) is 11.5 Å². The van der Waals surface area contributed by atoms with E-state index < -0.39 is 5.41 Å². The molecule has 22 heavy (non-hydrogen) atoms. The van der Waals surface area contributed by atoms with Gasteiger partial charge in [0.15, 0.2) is 0 Å². The van der Waals surface area contributed by atoms with Gasteiger partial charge in [0.05, 0.1) is 6.54 Å². The normalized spacial score (nSPS) is 11.1. The van der Waals surface area contributed by atoms with Crippen LogP contribution in [0.15, 0.2) is 24.3 Å². The van der Waals surface area contributed by atoms with Crippen molar-refractivity contribution in [2.75, 3.05) is 18.8 Å². The number of thioether (sulfide) groups is 1. The van der Waals surface area contributed by atoms with Gasteiger partial charge in [0, 0.05) is 23.5 Å². The molecule has 0 aliphatic heterocycles. The lowest BCUT2D eigenvalue weighted by molar-refractivity contribution is -0.131. The van der Waals surface area contributed by atoms with E-state index in [9.17, 15) is 9.59 Å². The van der Waals surface area contributed by atoms with Gasteiger partial charge in [-0.2, -0.15) is 11.8 Å². The first-order valence-corrected chi connectivity index (χ1v) is 8.63. The van der Waals surface area contributed by atoms with Crippen molar-refractivity contribution in [3.05, 3.63) is 35.4 Å². The number of benzene rings is 1. The van der Waals surface area contributed by atoms with Crippen molar-refractivity contribution in [2.45, 2.75) is 33.4 Å². The molecule has 0 radical (unpaired) electrons. The lowest BCUT2D eigenvalue weighted by Gasteiger charge is -2.17. The standard InChI is InChI=1S/C17H26N2O2S/c1-13-5-7-14(8-6-13)12-22-10-9-18-15(20)11-19-16(21)17(2,3)4/h5-8H,9-12H2,1-4H3,(H,18,20)(H,19,21). The van der Waals surface area contributed by atoms with Gasteiger partial charge in [-0.1, -0.05) is 50.6 Å². The molecule has 0 atom stereocenters. The summed E-state index contributed by atoms with van der Waals surface area (Å²) in [4.78, 5) is 23.2. The van der Waals surface area contributed by atoms with Crippen LogP contribution in [-0.4, -0.2) is 30.7 Å². The highest BCUT2D eigenvalue weighted by Gasteiger charge is 2.21. The van der Waals surface area contributed by atoms with Crippen LogP contribution in [0.5, 0.6) is 0 Å². The Bertz CT molecular complexity index is 492. The molecule has 4 nitrogen and oxygen atoms in total. The van der Waals surface area contributed by atoms with Crippen LogP contribution in [0.2, 0.25) is 0 Å². The highest BCUT2D eigenvalue weighted by Crippen LogP contribution is 2.12. The Morgan fingerprint density at radius 2 is 1.73 bits per heavy atom. The SMILES string of the molecule is Cc1ccc(CSCCNC(=O)CNC(=O)C(C)(C)C)cc1. The summed E-state index contributed by atoms with van der Waals surface area (Å²) >= 11 is 1.78. The summed E-state index contributed by atoms with van der Waals surface area (Å²) in [6.45, 7) is 8.19. The molecule has 0 saturated heterocycles. The number of hydrogen-bond donors (Lipinski definition) is 2. The average Bonchev–Trinajstić information content (AvgIpc) is 2.45. The Kier molecular flexibility index (Phi) is 7.45. The van der Waals surface area contributed by atoms with Gasteiger partial charge in [0.1, 0.15) is 0 Å². The van der Waals surface area contributed by atoms with Crippen molar-refractivity contribution < 1.29 is 9.59 Å². The summed E-state index contributed by atoms with van der Waals surface area (Å²) in [5.74, 6) is 1.54. The van der Waals surface area contributed by atoms with Gasteiger partial charge in [0.25, 0.3) is 0 Å². The smallest absolute Gasteiger partial charge is 0.239 e. The molecule has 1 aromatic carbocycles. The molecule has 0 heterocycles. The zero-order valence-corrected chi connectivity index (χ0v) is 14.7. The molecule has 0 fully saturated rings. The van der Waals surface area contributed by atoms with Crippen molar-refractivity contribution in [3.8, 4) is 0 Å². The van der Waals surface area contributed by atoms with Crippen LogP contribution in [0.1, 0.15) is 31.9 Å². The molecule has 122 valence electrons. The summed E-state index contributed by atoms with van der Waals surface area (Å²) in [5.41, 5.74) is 2.09. The van der Waals surface area contributed by atoms with E-state index in [1.54, 1.807) is 11.8 Å². The molecule has 0 spiro atoms. The molecule has 0 aliphatic carbocycles. The maximum Gasteiger partial charge on any atom is 0.239 e. The van der Waals surface area contributed by atoms with E-state index in [1.807, 2.05) is 20.8 Å². The van der Waals surface area contributed by atoms with Crippen LogP contribution in [0.3, 0.4) is 0 Å².